The van der Waals surface area contributed by atoms with Crippen molar-refractivity contribution in [2.45, 2.75) is 6.42 Å². The Morgan fingerprint density at radius 1 is 0.733 bits per heavy atom. The Hall–Kier alpha value is 0.460. The highest BCUT2D eigenvalue weighted by molar-refractivity contribution is 6.18. The van der Waals surface area contributed by atoms with Crippen LogP contribution in [0.2, 0.25) is 0 Å². The maximum Gasteiger partial charge on any atom is 0.0701 e. The second-order valence-electron chi connectivity index (χ2n) is 2.75. The summed E-state index contributed by atoms with van der Waals surface area (Å²) in [5.41, 5.74) is 0. The predicted molar refractivity (Wildman–Crippen MR) is 62.8 cm³/mol. The monoisotopic (exact) mass is 257 g/mol. The average molecular weight is 258 g/mol. The minimum Gasteiger partial charge on any atom is -0.380 e. The van der Waals surface area contributed by atoms with E-state index < -0.39 is 0 Å². The van der Waals surface area contributed by atoms with Crippen LogP contribution >= 0.6 is 23.2 Å². The molecule has 0 saturated heterocycles. The number of rotatable bonds is 12. The van der Waals surface area contributed by atoms with Gasteiger partial charge in [0.2, 0.25) is 0 Å². The van der Waals surface area contributed by atoms with E-state index in [9.17, 15) is 0 Å². The van der Waals surface area contributed by atoms with Crippen molar-refractivity contribution in [1.82, 2.24) is 0 Å². The lowest BCUT2D eigenvalue weighted by molar-refractivity contribution is 0.0596. The molecule has 0 amide bonds. The highest BCUT2D eigenvalue weighted by Crippen LogP contribution is 1.91. The minimum atomic E-state index is 0.532. The Balaban J connectivity index is 2.81. The van der Waals surface area contributed by atoms with Crippen molar-refractivity contribution in [2.75, 3.05) is 51.4 Å². The molecule has 0 aromatic heterocycles. The van der Waals surface area contributed by atoms with E-state index in [1.165, 1.54) is 0 Å². The molecule has 0 saturated carbocycles. The first kappa shape index (κ1) is 15.5. The minimum absolute atomic E-state index is 0.532. The van der Waals surface area contributed by atoms with Crippen LogP contribution in [0.4, 0.5) is 0 Å². The molecule has 0 spiro atoms. The summed E-state index contributed by atoms with van der Waals surface area (Å²) < 4.78 is 15.6. The molecule has 0 fully saturated rings. The molecule has 1 radical (unpaired) electrons. The van der Waals surface area contributed by atoms with Gasteiger partial charge in [-0.3, -0.25) is 0 Å². The van der Waals surface area contributed by atoms with E-state index in [-0.39, 0.29) is 0 Å². The Morgan fingerprint density at radius 2 is 1.33 bits per heavy atom. The number of ether oxygens (including phenoxy) is 3. The van der Waals surface area contributed by atoms with Crippen molar-refractivity contribution in [2.24, 2.45) is 0 Å². The van der Waals surface area contributed by atoms with E-state index >= 15 is 0 Å². The molecule has 0 atom stereocenters. The molecule has 0 aromatic rings. The highest BCUT2D eigenvalue weighted by Gasteiger charge is 1.92. The molecule has 3 nitrogen and oxygen atoms in total. The van der Waals surface area contributed by atoms with E-state index in [1.54, 1.807) is 0 Å². The van der Waals surface area contributed by atoms with Crippen LogP contribution in [0.1, 0.15) is 6.42 Å². The van der Waals surface area contributed by atoms with Crippen LogP contribution in [0, 0.1) is 6.42 Å². The molecule has 0 aliphatic rings. The van der Waals surface area contributed by atoms with Gasteiger partial charge in [0, 0.05) is 25.0 Å². The van der Waals surface area contributed by atoms with Gasteiger partial charge in [0.1, 0.15) is 0 Å². The molecule has 0 aliphatic heterocycles. The fourth-order valence-electron chi connectivity index (χ4n) is 0.848. The summed E-state index contributed by atoms with van der Waals surface area (Å²) in [6, 6.07) is 0. The fourth-order valence-corrected chi connectivity index (χ4v) is 1.07. The highest BCUT2D eigenvalue weighted by atomic mass is 35.5. The summed E-state index contributed by atoms with van der Waals surface area (Å²) in [5.74, 6) is 1.08. The maximum absolute atomic E-state index is 5.44. The maximum atomic E-state index is 5.44. The van der Waals surface area contributed by atoms with E-state index in [4.69, 9.17) is 37.4 Å². The van der Waals surface area contributed by atoms with E-state index in [0.717, 1.165) is 6.42 Å². The second-order valence-corrected chi connectivity index (χ2v) is 3.51. The first-order chi connectivity index (χ1) is 7.41. The van der Waals surface area contributed by atoms with Crippen LogP contribution in [-0.4, -0.2) is 51.4 Å². The molecule has 5 heteroatoms. The van der Waals surface area contributed by atoms with E-state index in [0.29, 0.717) is 51.4 Å². The average Bonchev–Trinajstić information content (AvgIpc) is 2.26. The SMILES string of the molecule is ClCCOCC[CH]COCCOCCCl. The largest absolute Gasteiger partial charge is 0.380 e. The van der Waals surface area contributed by atoms with Gasteiger partial charge in [-0.1, -0.05) is 0 Å². The van der Waals surface area contributed by atoms with Crippen molar-refractivity contribution in [1.29, 1.82) is 0 Å². The van der Waals surface area contributed by atoms with Crippen molar-refractivity contribution in [3.8, 4) is 0 Å². The summed E-state index contributed by atoms with van der Waals surface area (Å²) in [5, 5.41) is 0. The third kappa shape index (κ3) is 14.5. The van der Waals surface area contributed by atoms with Crippen molar-refractivity contribution in [3.63, 3.8) is 0 Å². The lowest BCUT2D eigenvalue weighted by Gasteiger charge is -2.04. The first-order valence-electron chi connectivity index (χ1n) is 5.08. The van der Waals surface area contributed by atoms with Gasteiger partial charge in [0.05, 0.1) is 26.4 Å². The Morgan fingerprint density at radius 3 is 2.00 bits per heavy atom. The van der Waals surface area contributed by atoms with E-state index in [1.807, 2.05) is 6.42 Å². The number of halogens is 2. The molecular weight excluding hydrogens is 239 g/mol. The summed E-state index contributed by atoms with van der Waals surface area (Å²) in [6.45, 7) is 3.75. The normalized spacial score (nSPS) is 10.8. The van der Waals surface area contributed by atoms with Gasteiger partial charge in [-0.25, -0.2) is 0 Å². The summed E-state index contributed by atoms with van der Waals surface area (Å²) in [6.07, 6.45) is 2.93. The Kier molecular flexibility index (Phi) is 14.9. The van der Waals surface area contributed by atoms with Gasteiger partial charge in [-0.2, -0.15) is 0 Å². The number of unbranched alkanes of at least 4 members (excludes halogenated alkanes) is 1. The van der Waals surface area contributed by atoms with Gasteiger partial charge in [-0.15, -0.1) is 23.2 Å². The fraction of sp³-hybridized carbons (Fsp3) is 0.900. The zero-order valence-corrected chi connectivity index (χ0v) is 10.4. The molecule has 0 bridgehead atoms. The molecule has 0 heterocycles. The van der Waals surface area contributed by atoms with Crippen LogP contribution in [0.25, 0.3) is 0 Å². The van der Waals surface area contributed by atoms with Crippen molar-refractivity contribution < 1.29 is 14.2 Å². The zero-order valence-electron chi connectivity index (χ0n) is 8.92. The smallest absolute Gasteiger partial charge is 0.0701 e. The van der Waals surface area contributed by atoms with Crippen LogP contribution in [0.3, 0.4) is 0 Å². The zero-order chi connectivity index (χ0) is 11.2. The summed E-state index contributed by atoms with van der Waals surface area (Å²) >= 11 is 10.9. The molecular formula is C10H19Cl2O3. The molecule has 0 aromatic carbocycles. The number of hydrogen-bond acceptors (Lipinski definition) is 3. The van der Waals surface area contributed by atoms with Crippen LogP contribution in [0.5, 0.6) is 0 Å². The molecule has 0 unspecified atom stereocenters. The first-order valence-corrected chi connectivity index (χ1v) is 6.15. The lowest BCUT2D eigenvalue weighted by atomic mass is 10.3. The predicted octanol–water partition coefficient (Wildman–Crippen LogP) is 2.11. The van der Waals surface area contributed by atoms with Crippen molar-refractivity contribution >= 4 is 23.2 Å². The van der Waals surface area contributed by atoms with Crippen LogP contribution < -0.4 is 0 Å². The van der Waals surface area contributed by atoms with Gasteiger partial charge >= 0.3 is 0 Å². The van der Waals surface area contributed by atoms with Crippen LogP contribution in [-0.2, 0) is 14.2 Å². The quantitative estimate of drug-likeness (QED) is 0.396. The number of alkyl halides is 2. The van der Waals surface area contributed by atoms with Crippen LogP contribution in [0.15, 0.2) is 0 Å². The third-order valence-electron chi connectivity index (χ3n) is 1.52. The van der Waals surface area contributed by atoms with Crippen molar-refractivity contribution in [3.05, 3.63) is 6.42 Å². The van der Waals surface area contributed by atoms with Gasteiger partial charge in [-0.05, 0) is 12.8 Å². The third-order valence-corrected chi connectivity index (χ3v) is 1.83. The van der Waals surface area contributed by atoms with E-state index in [2.05, 4.69) is 0 Å². The summed E-state index contributed by atoms with van der Waals surface area (Å²) in [4.78, 5) is 0. The molecule has 0 aliphatic carbocycles. The number of hydrogen-bond donors (Lipinski definition) is 0. The summed E-state index contributed by atoms with van der Waals surface area (Å²) in [7, 11) is 0. The Labute approximate surface area is 102 Å². The molecule has 15 heavy (non-hydrogen) atoms. The standard InChI is InChI=1S/C10H19Cl2O3/c11-3-7-13-5-1-2-6-14-9-10-15-8-4-12/h2H,1,3-10H2. The molecule has 0 N–H and O–H groups in total. The molecule has 0 rings (SSSR count). The Bertz CT molecular complexity index is 103. The van der Waals surface area contributed by atoms with Gasteiger partial charge < -0.3 is 14.2 Å². The molecule has 91 valence electrons. The lowest BCUT2D eigenvalue weighted by Crippen LogP contribution is -2.07. The second kappa shape index (κ2) is 14.5. The van der Waals surface area contributed by atoms with Gasteiger partial charge in [0.25, 0.3) is 0 Å². The topological polar surface area (TPSA) is 27.7 Å². The van der Waals surface area contributed by atoms with Gasteiger partial charge in [0.15, 0.2) is 0 Å².